The van der Waals surface area contributed by atoms with Crippen LogP contribution in [0.4, 0.5) is 0 Å². The third-order valence-corrected chi connectivity index (χ3v) is 5.06. The van der Waals surface area contributed by atoms with Crippen molar-refractivity contribution in [3.8, 4) is 0 Å². The Kier molecular flexibility index (Phi) is 9.17. The molecule has 0 heterocycles. The molecule has 0 atom stereocenters. The number of unbranched alkanes of at least 4 members (excludes halogenated alkanes) is 4. The van der Waals surface area contributed by atoms with Gasteiger partial charge in [-0.2, -0.15) is 0 Å². The molecule has 0 aromatic heterocycles. The van der Waals surface area contributed by atoms with E-state index in [1.54, 1.807) is 0 Å². The molecule has 2 N–H and O–H groups in total. The normalized spacial score (nSPS) is 18.9. The third-order valence-electron chi connectivity index (χ3n) is 5.06. The third kappa shape index (κ3) is 7.28. The van der Waals surface area contributed by atoms with E-state index in [4.69, 9.17) is 5.11 Å². The SMILES string of the molecule is O=C(O)CCCCCCCC1(C(=O)O)CCCCCCCC1. The topological polar surface area (TPSA) is 74.6 Å². The summed E-state index contributed by atoms with van der Waals surface area (Å²) in [7, 11) is 0. The van der Waals surface area contributed by atoms with E-state index in [0.717, 1.165) is 64.2 Å². The molecule has 0 bridgehead atoms. The highest BCUT2D eigenvalue weighted by atomic mass is 16.4. The lowest BCUT2D eigenvalue weighted by Gasteiger charge is -2.29. The summed E-state index contributed by atoms with van der Waals surface area (Å²) >= 11 is 0. The molecule has 1 saturated carbocycles. The van der Waals surface area contributed by atoms with Crippen molar-refractivity contribution in [2.75, 3.05) is 0 Å². The number of aliphatic carboxylic acids is 2. The first kappa shape index (κ1) is 19.0. The van der Waals surface area contributed by atoms with Crippen LogP contribution in [-0.2, 0) is 9.59 Å². The van der Waals surface area contributed by atoms with E-state index in [9.17, 15) is 14.7 Å². The van der Waals surface area contributed by atoms with E-state index in [0.29, 0.717) is 0 Å². The summed E-state index contributed by atoms with van der Waals surface area (Å²) in [5.41, 5.74) is -0.495. The number of carboxylic acid groups (broad SMARTS) is 2. The molecular weight excluding hydrogens is 280 g/mol. The van der Waals surface area contributed by atoms with Crippen molar-refractivity contribution in [2.45, 2.75) is 96.3 Å². The summed E-state index contributed by atoms with van der Waals surface area (Å²) in [5.74, 6) is -1.32. The highest BCUT2D eigenvalue weighted by Crippen LogP contribution is 2.38. The Hall–Kier alpha value is -1.06. The van der Waals surface area contributed by atoms with Crippen molar-refractivity contribution < 1.29 is 19.8 Å². The monoisotopic (exact) mass is 312 g/mol. The standard InChI is InChI=1S/C18H32O4/c19-16(20)12-8-4-3-7-11-15-18(17(21)22)13-9-5-1-2-6-10-14-18/h1-15H2,(H,19,20)(H,21,22). The quantitative estimate of drug-likeness (QED) is 0.587. The van der Waals surface area contributed by atoms with Crippen LogP contribution in [0.5, 0.6) is 0 Å². The molecule has 0 aromatic carbocycles. The molecule has 0 spiro atoms. The zero-order valence-corrected chi connectivity index (χ0v) is 13.8. The van der Waals surface area contributed by atoms with E-state index in [1.807, 2.05) is 0 Å². The summed E-state index contributed by atoms with van der Waals surface area (Å²) in [6.07, 6.45) is 14.3. The van der Waals surface area contributed by atoms with Gasteiger partial charge in [-0.3, -0.25) is 9.59 Å². The maximum Gasteiger partial charge on any atom is 0.309 e. The molecule has 128 valence electrons. The molecule has 4 heteroatoms. The smallest absolute Gasteiger partial charge is 0.309 e. The second-order valence-corrected chi connectivity index (χ2v) is 6.87. The molecule has 22 heavy (non-hydrogen) atoms. The Morgan fingerprint density at radius 1 is 0.727 bits per heavy atom. The van der Waals surface area contributed by atoms with E-state index in [-0.39, 0.29) is 6.42 Å². The predicted molar refractivity (Wildman–Crippen MR) is 87.0 cm³/mol. The minimum atomic E-state index is -0.726. The second kappa shape index (κ2) is 10.6. The van der Waals surface area contributed by atoms with Gasteiger partial charge in [-0.25, -0.2) is 0 Å². The van der Waals surface area contributed by atoms with Crippen molar-refractivity contribution >= 4 is 11.9 Å². The van der Waals surface area contributed by atoms with Crippen LogP contribution < -0.4 is 0 Å². The van der Waals surface area contributed by atoms with Gasteiger partial charge in [-0.05, 0) is 25.7 Å². The Labute approximate surface area is 134 Å². The van der Waals surface area contributed by atoms with Crippen LogP contribution in [0.3, 0.4) is 0 Å². The minimum absolute atomic E-state index is 0.249. The maximum absolute atomic E-state index is 11.8. The van der Waals surface area contributed by atoms with Crippen LogP contribution in [0, 0.1) is 5.41 Å². The van der Waals surface area contributed by atoms with Gasteiger partial charge in [0.2, 0.25) is 0 Å². The van der Waals surface area contributed by atoms with Crippen LogP contribution in [0.2, 0.25) is 0 Å². The van der Waals surface area contributed by atoms with Gasteiger partial charge in [0.25, 0.3) is 0 Å². The van der Waals surface area contributed by atoms with Gasteiger partial charge in [0.05, 0.1) is 5.41 Å². The van der Waals surface area contributed by atoms with Gasteiger partial charge >= 0.3 is 11.9 Å². The summed E-state index contributed by atoms with van der Waals surface area (Å²) in [6.45, 7) is 0. The van der Waals surface area contributed by atoms with E-state index in [1.165, 1.54) is 25.7 Å². The van der Waals surface area contributed by atoms with E-state index >= 15 is 0 Å². The van der Waals surface area contributed by atoms with Crippen molar-refractivity contribution in [1.29, 1.82) is 0 Å². The van der Waals surface area contributed by atoms with Gasteiger partial charge in [0.1, 0.15) is 0 Å². The molecule has 1 fully saturated rings. The average Bonchev–Trinajstić information content (AvgIpc) is 2.58. The van der Waals surface area contributed by atoms with Gasteiger partial charge < -0.3 is 10.2 Å². The molecule has 0 unspecified atom stereocenters. The molecular formula is C18H32O4. The number of carboxylic acids is 2. The Morgan fingerprint density at radius 2 is 1.23 bits per heavy atom. The lowest BCUT2D eigenvalue weighted by molar-refractivity contribution is -0.150. The summed E-state index contributed by atoms with van der Waals surface area (Å²) in [6, 6.07) is 0. The molecule has 0 aliphatic heterocycles. The van der Waals surface area contributed by atoms with Gasteiger partial charge in [-0.15, -0.1) is 0 Å². The van der Waals surface area contributed by atoms with Crippen molar-refractivity contribution in [2.24, 2.45) is 5.41 Å². The first-order chi connectivity index (χ1) is 10.6. The molecule has 1 aliphatic carbocycles. The molecule has 0 radical (unpaired) electrons. The Morgan fingerprint density at radius 3 is 1.77 bits per heavy atom. The van der Waals surface area contributed by atoms with Crippen molar-refractivity contribution in [3.63, 3.8) is 0 Å². The zero-order valence-electron chi connectivity index (χ0n) is 13.8. The summed E-state index contributed by atoms with van der Waals surface area (Å²) in [5, 5.41) is 18.3. The largest absolute Gasteiger partial charge is 0.481 e. The van der Waals surface area contributed by atoms with Crippen LogP contribution in [0.25, 0.3) is 0 Å². The fourth-order valence-corrected chi connectivity index (χ4v) is 3.60. The Balaban J connectivity index is 2.32. The number of hydrogen-bond acceptors (Lipinski definition) is 2. The van der Waals surface area contributed by atoms with E-state index < -0.39 is 17.4 Å². The molecule has 0 amide bonds. The van der Waals surface area contributed by atoms with Gasteiger partial charge in [0, 0.05) is 6.42 Å². The highest BCUT2D eigenvalue weighted by molar-refractivity contribution is 5.74. The van der Waals surface area contributed by atoms with E-state index in [2.05, 4.69) is 0 Å². The Bertz CT molecular complexity index is 328. The molecule has 4 nitrogen and oxygen atoms in total. The molecule has 0 aromatic rings. The van der Waals surface area contributed by atoms with Gasteiger partial charge in [-0.1, -0.05) is 64.2 Å². The number of rotatable bonds is 9. The highest BCUT2D eigenvalue weighted by Gasteiger charge is 2.36. The lowest BCUT2D eigenvalue weighted by atomic mass is 9.74. The summed E-state index contributed by atoms with van der Waals surface area (Å²) < 4.78 is 0. The first-order valence-electron chi connectivity index (χ1n) is 9.02. The van der Waals surface area contributed by atoms with Crippen molar-refractivity contribution in [3.05, 3.63) is 0 Å². The fraction of sp³-hybridized carbons (Fsp3) is 0.889. The molecule has 0 saturated heterocycles. The number of carbonyl (C=O) groups is 2. The first-order valence-corrected chi connectivity index (χ1v) is 9.02. The molecule has 1 aliphatic rings. The fourth-order valence-electron chi connectivity index (χ4n) is 3.60. The zero-order chi connectivity index (χ0) is 16.3. The summed E-state index contributed by atoms with van der Waals surface area (Å²) in [4.78, 5) is 22.3. The van der Waals surface area contributed by atoms with Crippen LogP contribution >= 0.6 is 0 Å². The minimum Gasteiger partial charge on any atom is -0.481 e. The lowest BCUT2D eigenvalue weighted by Crippen LogP contribution is -2.31. The van der Waals surface area contributed by atoms with Crippen molar-refractivity contribution in [1.82, 2.24) is 0 Å². The average molecular weight is 312 g/mol. The van der Waals surface area contributed by atoms with Crippen LogP contribution in [0.1, 0.15) is 96.3 Å². The molecule has 1 rings (SSSR count). The maximum atomic E-state index is 11.8. The van der Waals surface area contributed by atoms with Crippen LogP contribution in [-0.4, -0.2) is 22.2 Å². The number of hydrogen-bond donors (Lipinski definition) is 2. The second-order valence-electron chi connectivity index (χ2n) is 6.87. The van der Waals surface area contributed by atoms with Crippen LogP contribution in [0.15, 0.2) is 0 Å². The predicted octanol–water partition coefficient (Wildman–Crippen LogP) is 5.01. The van der Waals surface area contributed by atoms with Gasteiger partial charge in [0.15, 0.2) is 0 Å².